The minimum atomic E-state index is -3.01. The molecule has 23 nitrogen and oxygen atoms in total. The maximum absolute atomic E-state index is 17.4. The van der Waals surface area contributed by atoms with E-state index < -0.39 is 106 Å². The fraction of sp³-hybridized carbons (Fsp3) is 0.338. The number of nitrogens with one attached hydrogen (secondary N) is 3. The van der Waals surface area contributed by atoms with Crippen molar-refractivity contribution < 1.29 is 60.8 Å². The van der Waals surface area contributed by atoms with Crippen molar-refractivity contribution in [2.24, 2.45) is 5.92 Å². The van der Waals surface area contributed by atoms with Gasteiger partial charge in [0.25, 0.3) is 11.5 Å². The van der Waals surface area contributed by atoms with Crippen molar-refractivity contribution in [2.45, 2.75) is 106 Å². The SMILES string of the molecule is COc1ccc(C(OC[C@H]2S[C@@H](n3cnc4c(=O)[nH]c(NC(=O)C(C)C)nc43)[C@H](OP(O)OC[C@H]3O[C@@H](n4cnc5c(NC(=O)c6ccccc6)ncnc54)[C@@H](F)[C@@H]3OC(=O)c3ccccc3)[C@@H]2O[Si](C)(C)C(C)(C)C)(c2ccccc2)c2ccc(OC)cc2)cc1. The molecule has 9 aromatic rings. The second kappa shape index (κ2) is 27.5. The number of esters is 1. The molecule has 480 valence electrons. The van der Waals surface area contributed by atoms with E-state index in [1.165, 1.54) is 47.4 Å². The van der Waals surface area contributed by atoms with Crippen molar-refractivity contribution in [1.82, 2.24) is 39.0 Å². The molecule has 2 aliphatic heterocycles. The number of hydrogen-bond acceptors (Lipinski definition) is 19. The third-order valence-electron chi connectivity index (χ3n) is 16.6. The number of rotatable bonds is 23. The number of alkyl halides is 1. The number of fused-ring (bicyclic) bond motifs is 2. The van der Waals surface area contributed by atoms with E-state index in [1.807, 2.05) is 78.9 Å². The van der Waals surface area contributed by atoms with Crippen LogP contribution in [0.3, 0.4) is 0 Å². The number of anilines is 2. The fourth-order valence-corrected chi connectivity index (χ4v) is 14.5. The van der Waals surface area contributed by atoms with E-state index in [-0.39, 0.29) is 51.3 Å². The van der Waals surface area contributed by atoms with Gasteiger partial charge in [-0.15, -0.1) is 11.8 Å². The minimum absolute atomic E-state index is 0.0355. The number of carbonyl (C=O) groups excluding carboxylic acids is 3. The predicted molar refractivity (Wildman–Crippen MR) is 346 cm³/mol. The highest BCUT2D eigenvalue weighted by molar-refractivity contribution is 8.00. The molecule has 1 unspecified atom stereocenters. The van der Waals surface area contributed by atoms with Gasteiger partial charge in [-0.25, -0.2) is 29.1 Å². The molecule has 6 heterocycles. The van der Waals surface area contributed by atoms with Crippen LogP contribution in [0.2, 0.25) is 18.1 Å². The number of aromatic nitrogens is 8. The molecular weight excluding hydrogens is 1240 g/mol. The highest BCUT2D eigenvalue weighted by atomic mass is 32.2. The van der Waals surface area contributed by atoms with Crippen molar-refractivity contribution in [3.8, 4) is 11.5 Å². The van der Waals surface area contributed by atoms with Crippen LogP contribution in [0.15, 0.2) is 163 Å². The van der Waals surface area contributed by atoms with Gasteiger partial charge in [0.05, 0.1) is 57.0 Å². The van der Waals surface area contributed by atoms with Gasteiger partial charge in [-0.2, -0.15) is 4.98 Å². The van der Waals surface area contributed by atoms with E-state index in [1.54, 1.807) is 81.2 Å². The summed E-state index contributed by atoms with van der Waals surface area (Å²) in [4.78, 5) is 91.5. The summed E-state index contributed by atoms with van der Waals surface area (Å²) in [7, 11) is -2.69. The summed E-state index contributed by atoms with van der Waals surface area (Å²) in [6, 6.07) is 41.6. The van der Waals surface area contributed by atoms with E-state index in [0.29, 0.717) is 17.1 Å². The van der Waals surface area contributed by atoms with Crippen LogP contribution in [0.25, 0.3) is 22.3 Å². The van der Waals surface area contributed by atoms with Crippen LogP contribution < -0.4 is 25.7 Å². The number of H-pyrrole nitrogens is 1. The molecule has 5 aromatic carbocycles. The van der Waals surface area contributed by atoms with Crippen LogP contribution in [0.1, 0.15) is 83.6 Å². The summed E-state index contributed by atoms with van der Waals surface area (Å²) in [6.45, 7) is 13.3. The molecule has 2 saturated heterocycles. The largest absolute Gasteiger partial charge is 0.497 e. The number of imidazole rings is 2. The molecule has 0 aliphatic carbocycles. The maximum atomic E-state index is 17.4. The van der Waals surface area contributed by atoms with Crippen LogP contribution in [-0.4, -0.2) is 133 Å². The summed E-state index contributed by atoms with van der Waals surface area (Å²) in [5.74, 6) is -0.985. The minimum Gasteiger partial charge on any atom is -0.497 e. The Labute approximate surface area is 535 Å². The van der Waals surface area contributed by atoms with Crippen molar-refractivity contribution >= 4 is 80.6 Å². The van der Waals surface area contributed by atoms with E-state index in [2.05, 4.69) is 69.4 Å². The molecule has 0 bridgehead atoms. The monoisotopic (exact) mass is 1310 g/mol. The topological polar surface area (TPSA) is 277 Å². The maximum Gasteiger partial charge on any atom is 0.338 e. The first-order chi connectivity index (χ1) is 44.2. The summed E-state index contributed by atoms with van der Waals surface area (Å²) in [5.41, 5.74) is 1.13. The van der Waals surface area contributed by atoms with Gasteiger partial charge in [-0.1, -0.05) is 126 Å². The van der Waals surface area contributed by atoms with Crippen molar-refractivity contribution in [1.29, 1.82) is 0 Å². The molecule has 9 atom stereocenters. The number of aromatic amines is 1. The molecular formula is C65H70FN10O13PSSi. The molecule has 2 aliphatic rings. The van der Waals surface area contributed by atoms with E-state index in [4.69, 9.17) is 42.1 Å². The Morgan fingerprint density at radius 1 is 0.739 bits per heavy atom. The van der Waals surface area contributed by atoms with Crippen LogP contribution in [0.5, 0.6) is 11.5 Å². The zero-order valence-corrected chi connectivity index (χ0v) is 54.5. The Morgan fingerprint density at radius 3 is 1.93 bits per heavy atom. The lowest BCUT2D eigenvalue weighted by Gasteiger charge is -2.42. The Bertz CT molecular complexity index is 4070. The molecule has 92 heavy (non-hydrogen) atoms. The Balaban J connectivity index is 0.965. The first-order valence-electron chi connectivity index (χ1n) is 29.7. The molecule has 2 fully saturated rings. The molecule has 0 spiro atoms. The first kappa shape index (κ1) is 65.2. The summed E-state index contributed by atoms with van der Waals surface area (Å²) < 4.78 is 72.2. The van der Waals surface area contributed by atoms with Crippen LogP contribution in [0, 0.1) is 5.92 Å². The molecule has 27 heteroatoms. The quantitative estimate of drug-likeness (QED) is 0.0200. The van der Waals surface area contributed by atoms with E-state index in [0.717, 1.165) is 16.7 Å². The van der Waals surface area contributed by atoms with Crippen LogP contribution in [-0.2, 0) is 38.1 Å². The van der Waals surface area contributed by atoms with Gasteiger partial charge in [0, 0.05) is 11.5 Å². The molecule has 0 saturated carbocycles. The normalized spacial score (nSPS) is 20.5. The zero-order chi connectivity index (χ0) is 65.1. The lowest BCUT2D eigenvalue weighted by molar-refractivity contribution is -0.118. The Morgan fingerprint density at radius 2 is 1.33 bits per heavy atom. The highest BCUT2D eigenvalue weighted by Gasteiger charge is 2.55. The number of carbonyl (C=O) groups is 3. The lowest BCUT2D eigenvalue weighted by atomic mass is 9.80. The van der Waals surface area contributed by atoms with Gasteiger partial charge in [0.15, 0.2) is 55.0 Å². The zero-order valence-electron chi connectivity index (χ0n) is 51.8. The number of ether oxygens (including phenoxy) is 5. The number of amides is 2. The summed E-state index contributed by atoms with van der Waals surface area (Å²) in [5, 5.41) is 3.48. The Hall–Kier alpha value is -8.30. The highest BCUT2D eigenvalue weighted by Crippen LogP contribution is 2.54. The third kappa shape index (κ3) is 13.5. The number of nitrogens with zero attached hydrogens (tertiary/aromatic N) is 7. The number of hydrogen-bond donors (Lipinski definition) is 4. The first-order valence-corrected chi connectivity index (χ1v) is 34.6. The average Bonchev–Trinajstić information content (AvgIpc) is 1.28. The van der Waals surface area contributed by atoms with E-state index in [9.17, 15) is 24.1 Å². The second-order valence-electron chi connectivity index (χ2n) is 23.8. The molecule has 4 aromatic heterocycles. The van der Waals surface area contributed by atoms with Gasteiger partial charge in [-0.3, -0.25) is 33.8 Å². The second-order valence-corrected chi connectivity index (χ2v) is 30.9. The van der Waals surface area contributed by atoms with Gasteiger partial charge >= 0.3 is 14.6 Å². The summed E-state index contributed by atoms with van der Waals surface area (Å²) in [6.07, 6.45) is -4.89. The van der Waals surface area contributed by atoms with Gasteiger partial charge in [0.2, 0.25) is 11.9 Å². The molecule has 11 rings (SSSR count). The van der Waals surface area contributed by atoms with Crippen molar-refractivity contribution in [3.05, 3.63) is 197 Å². The van der Waals surface area contributed by atoms with Gasteiger partial charge < -0.3 is 47.4 Å². The van der Waals surface area contributed by atoms with Crippen molar-refractivity contribution in [2.75, 3.05) is 38.1 Å². The molecule has 0 radical (unpaired) electrons. The van der Waals surface area contributed by atoms with Crippen LogP contribution >= 0.6 is 20.4 Å². The van der Waals surface area contributed by atoms with Gasteiger partial charge in [0.1, 0.15) is 41.0 Å². The summed E-state index contributed by atoms with van der Waals surface area (Å²) >= 11 is 1.37. The predicted octanol–water partition coefficient (Wildman–Crippen LogP) is 10.9. The number of halogens is 1. The van der Waals surface area contributed by atoms with Crippen LogP contribution in [0.4, 0.5) is 16.2 Å². The fourth-order valence-electron chi connectivity index (χ4n) is 10.7. The smallest absolute Gasteiger partial charge is 0.338 e. The average molecular weight is 1310 g/mol. The molecule has 4 N–H and O–H groups in total. The third-order valence-corrected chi connectivity index (χ3v) is 23.4. The Kier molecular flexibility index (Phi) is 19.5. The standard InChI is InChI=1S/C65H70FN10O13PSSi/c1-38(2)57(77)73-63-72-56-50(59(79)74-63)70-37-76(56)61-53(52(89-92(8,9)64(3,4)5)47(91-61)34-84-65(41-23-17-12-18-24-41,42-25-29-44(82-6)30-26-42)43-27-31-45(83-7)32-28-43)88-90(81)85-33-46-51(87-62(80)40-21-15-11-16-22-40)48(66)60(86-46)75-36-69-49-54(67-35-68-55(49)75)71-58(78)39-19-13-10-14-20-39/h10-32,35-38,46-48,51-53,60-61,81H,33-34H2,1-9H3,(H,67,68,71,78)(H2,72,73,74,77,79)/t46-,47-,48+,51-,52-,53-,60-,61-,90?/m1/s1. The number of benzene rings is 5. The van der Waals surface area contributed by atoms with Gasteiger partial charge in [-0.05, 0) is 83.4 Å². The molecule has 2 amide bonds. The van der Waals surface area contributed by atoms with E-state index >= 15 is 4.39 Å². The number of methoxy groups -OCH3 is 2. The lowest BCUT2D eigenvalue weighted by Crippen LogP contribution is -2.50. The van der Waals surface area contributed by atoms with Crippen molar-refractivity contribution in [3.63, 3.8) is 0 Å². The number of thioether (sulfide) groups is 1.